The maximum atomic E-state index is 5.50. The minimum Gasteiger partial charge on any atom is -0.120 e. The van der Waals surface area contributed by atoms with Crippen LogP contribution in [0.25, 0.3) is 22.3 Å². The summed E-state index contributed by atoms with van der Waals surface area (Å²) in [5, 5.41) is 0. The standard InChI is InChI=1S/C35H32/c1-4-5-6-7-13-24-20-21-33(31-23-26-15-9-11-17-28(26)34(24)31)35(2,3)32-19-12-18-29-27-16-10-8-14-25(27)22-30(29)32/h1,8-12,14-21H,5-7,13,22-23H2,2-3H3. The first-order valence-electron chi connectivity index (χ1n) is 13.0. The highest BCUT2D eigenvalue weighted by molar-refractivity contribution is 5.82. The Kier molecular flexibility index (Phi) is 5.38. The largest absolute Gasteiger partial charge is 0.120 e. The van der Waals surface area contributed by atoms with Gasteiger partial charge in [-0.1, -0.05) is 92.7 Å². The molecule has 0 saturated heterocycles. The van der Waals surface area contributed by atoms with Crippen LogP contribution in [-0.2, 0) is 24.7 Å². The molecule has 0 amide bonds. The third-order valence-electron chi connectivity index (χ3n) is 8.27. The molecule has 0 saturated carbocycles. The van der Waals surface area contributed by atoms with Gasteiger partial charge in [-0.3, -0.25) is 0 Å². The van der Waals surface area contributed by atoms with Gasteiger partial charge in [0.25, 0.3) is 0 Å². The van der Waals surface area contributed by atoms with Crippen molar-refractivity contribution >= 4 is 0 Å². The molecular formula is C35H32. The van der Waals surface area contributed by atoms with Gasteiger partial charge in [-0.15, -0.1) is 12.3 Å². The number of benzene rings is 4. The number of hydrogen-bond acceptors (Lipinski definition) is 0. The lowest BCUT2D eigenvalue weighted by Gasteiger charge is -2.31. The van der Waals surface area contributed by atoms with Crippen LogP contribution in [0.3, 0.4) is 0 Å². The molecule has 35 heavy (non-hydrogen) atoms. The molecule has 0 spiro atoms. The summed E-state index contributed by atoms with van der Waals surface area (Å²) < 4.78 is 0. The predicted octanol–water partition coefficient (Wildman–Crippen LogP) is 8.50. The lowest BCUT2D eigenvalue weighted by atomic mass is 9.72. The van der Waals surface area contributed by atoms with Crippen LogP contribution >= 0.6 is 0 Å². The first-order chi connectivity index (χ1) is 17.1. The highest BCUT2D eigenvalue weighted by atomic mass is 14.4. The highest BCUT2D eigenvalue weighted by Crippen LogP contribution is 2.48. The van der Waals surface area contributed by atoms with Crippen LogP contribution in [0.4, 0.5) is 0 Å². The molecule has 0 nitrogen and oxygen atoms in total. The quantitative estimate of drug-likeness (QED) is 0.175. The molecule has 2 aliphatic rings. The summed E-state index contributed by atoms with van der Waals surface area (Å²) >= 11 is 0. The summed E-state index contributed by atoms with van der Waals surface area (Å²) in [5.74, 6) is 2.80. The average molecular weight is 453 g/mol. The number of unbranched alkanes of at least 4 members (excludes halogenated alkanes) is 2. The zero-order chi connectivity index (χ0) is 24.0. The third-order valence-corrected chi connectivity index (χ3v) is 8.27. The third kappa shape index (κ3) is 3.54. The second-order valence-electron chi connectivity index (χ2n) is 10.7. The van der Waals surface area contributed by atoms with Crippen LogP contribution in [0.1, 0.15) is 72.1 Å². The Morgan fingerprint density at radius 3 is 2.14 bits per heavy atom. The molecule has 4 aromatic carbocycles. The van der Waals surface area contributed by atoms with Gasteiger partial charge in [0, 0.05) is 11.8 Å². The fourth-order valence-electron chi connectivity index (χ4n) is 6.55. The molecule has 0 bridgehead atoms. The van der Waals surface area contributed by atoms with Gasteiger partial charge in [-0.25, -0.2) is 0 Å². The Morgan fingerprint density at radius 1 is 0.686 bits per heavy atom. The normalized spacial score (nSPS) is 13.1. The second kappa shape index (κ2) is 8.58. The van der Waals surface area contributed by atoms with Crippen LogP contribution in [0.5, 0.6) is 0 Å². The number of fused-ring (bicyclic) bond motifs is 6. The van der Waals surface area contributed by atoms with E-state index in [0.29, 0.717) is 0 Å². The zero-order valence-electron chi connectivity index (χ0n) is 20.8. The molecule has 2 aliphatic carbocycles. The smallest absolute Gasteiger partial charge is 0.0152 e. The van der Waals surface area contributed by atoms with Crippen molar-refractivity contribution in [2.45, 2.75) is 57.8 Å². The Bertz CT molecular complexity index is 1470. The maximum Gasteiger partial charge on any atom is 0.0152 e. The Hall–Kier alpha value is -3.56. The van der Waals surface area contributed by atoms with Gasteiger partial charge in [0.15, 0.2) is 0 Å². The SMILES string of the molecule is C#CCCCCc1ccc(C(C)(C)c2cccc3c2Cc2ccccc2-3)c2c1-c1ccccc1C2. The maximum absolute atomic E-state index is 5.50. The van der Waals surface area contributed by atoms with Gasteiger partial charge in [0.1, 0.15) is 0 Å². The zero-order valence-corrected chi connectivity index (χ0v) is 20.8. The lowest BCUT2D eigenvalue weighted by molar-refractivity contribution is 0.628. The molecule has 172 valence electrons. The molecule has 0 heteroatoms. The number of hydrogen-bond donors (Lipinski definition) is 0. The highest BCUT2D eigenvalue weighted by Gasteiger charge is 2.34. The molecule has 0 heterocycles. The Morgan fingerprint density at radius 2 is 1.34 bits per heavy atom. The van der Waals surface area contributed by atoms with E-state index in [2.05, 4.69) is 98.6 Å². The molecule has 0 aromatic heterocycles. The monoisotopic (exact) mass is 452 g/mol. The minimum atomic E-state index is -0.0818. The summed E-state index contributed by atoms with van der Waals surface area (Å²) in [6, 6.07) is 29.7. The van der Waals surface area contributed by atoms with Crippen molar-refractivity contribution in [2.75, 3.05) is 0 Å². The van der Waals surface area contributed by atoms with E-state index < -0.39 is 0 Å². The van der Waals surface area contributed by atoms with E-state index in [4.69, 9.17) is 6.42 Å². The summed E-state index contributed by atoms with van der Waals surface area (Å²) in [6.45, 7) is 4.85. The van der Waals surface area contributed by atoms with Gasteiger partial charge in [-0.05, 0) is 93.3 Å². The molecule has 0 N–H and O–H groups in total. The van der Waals surface area contributed by atoms with Crippen molar-refractivity contribution in [1.82, 2.24) is 0 Å². The van der Waals surface area contributed by atoms with Crippen LogP contribution in [0, 0.1) is 12.3 Å². The second-order valence-corrected chi connectivity index (χ2v) is 10.7. The van der Waals surface area contributed by atoms with Gasteiger partial charge in [0.2, 0.25) is 0 Å². The molecule has 0 fully saturated rings. The van der Waals surface area contributed by atoms with Crippen molar-refractivity contribution < 1.29 is 0 Å². The van der Waals surface area contributed by atoms with Crippen molar-refractivity contribution in [1.29, 1.82) is 0 Å². The van der Waals surface area contributed by atoms with E-state index in [1.54, 1.807) is 0 Å². The minimum absolute atomic E-state index is 0.0818. The van der Waals surface area contributed by atoms with Crippen molar-refractivity contribution in [3.63, 3.8) is 0 Å². The van der Waals surface area contributed by atoms with Gasteiger partial charge in [-0.2, -0.15) is 0 Å². The van der Waals surface area contributed by atoms with Crippen LogP contribution < -0.4 is 0 Å². The first-order valence-corrected chi connectivity index (χ1v) is 13.0. The summed E-state index contributed by atoms with van der Waals surface area (Å²) in [7, 11) is 0. The molecule has 0 radical (unpaired) electrons. The van der Waals surface area contributed by atoms with E-state index in [-0.39, 0.29) is 5.41 Å². The van der Waals surface area contributed by atoms with E-state index >= 15 is 0 Å². The van der Waals surface area contributed by atoms with Crippen molar-refractivity contribution in [3.8, 4) is 34.6 Å². The Labute approximate surface area is 210 Å². The molecule has 0 unspecified atom stereocenters. The van der Waals surface area contributed by atoms with Crippen LogP contribution in [0.2, 0.25) is 0 Å². The topological polar surface area (TPSA) is 0 Å². The van der Waals surface area contributed by atoms with Gasteiger partial charge < -0.3 is 0 Å². The molecular weight excluding hydrogens is 420 g/mol. The summed E-state index contributed by atoms with van der Waals surface area (Å²) in [6.07, 6.45) is 11.8. The molecule has 4 aromatic rings. The lowest BCUT2D eigenvalue weighted by Crippen LogP contribution is -2.23. The van der Waals surface area contributed by atoms with Crippen molar-refractivity contribution in [3.05, 3.63) is 118 Å². The van der Waals surface area contributed by atoms with Gasteiger partial charge in [0.05, 0.1) is 0 Å². The average Bonchev–Trinajstić information content (AvgIpc) is 3.45. The van der Waals surface area contributed by atoms with Crippen molar-refractivity contribution in [2.24, 2.45) is 0 Å². The van der Waals surface area contributed by atoms with Crippen LogP contribution in [0.15, 0.2) is 78.9 Å². The number of aryl methyl sites for hydroxylation is 1. The first kappa shape index (κ1) is 21.9. The fraction of sp³-hybridized carbons (Fsp3) is 0.257. The molecule has 0 atom stereocenters. The van der Waals surface area contributed by atoms with E-state index in [0.717, 1.165) is 38.5 Å². The predicted molar refractivity (Wildman–Crippen MR) is 148 cm³/mol. The van der Waals surface area contributed by atoms with E-state index in [1.165, 1.54) is 61.2 Å². The summed E-state index contributed by atoms with van der Waals surface area (Å²) in [4.78, 5) is 0. The number of rotatable bonds is 6. The molecule has 0 aliphatic heterocycles. The Balaban J connectivity index is 1.46. The summed E-state index contributed by atoms with van der Waals surface area (Å²) in [5.41, 5.74) is 16.0. The number of terminal acetylenes is 1. The van der Waals surface area contributed by atoms with E-state index in [1.807, 2.05) is 0 Å². The van der Waals surface area contributed by atoms with Crippen LogP contribution in [-0.4, -0.2) is 0 Å². The van der Waals surface area contributed by atoms with E-state index in [9.17, 15) is 0 Å². The fourth-order valence-corrected chi connectivity index (χ4v) is 6.55. The molecule has 6 rings (SSSR count). The van der Waals surface area contributed by atoms with Gasteiger partial charge >= 0.3 is 0 Å².